The number of carbonyl (C=O) groups is 2. The Bertz CT molecular complexity index is 789. The topological polar surface area (TPSA) is 69.9 Å². The van der Waals surface area contributed by atoms with Crippen molar-refractivity contribution in [1.29, 1.82) is 0 Å². The summed E-state index contributed by atoms with van der Waals surface area (Å²) in [6.07, 6.45) is 0. The number of para-hydroxylation sites is 1. The molecule has 0 saturated heterocycles. The third kappa shape index (κ3) is 3.79. The standard InChI is InChI=1S/C16H20N2O4S/c1-5-22-13(19)9-18-14-11(21-4)7-6-8-12(14)23-16(18)17-15(20)10(2)3/h6-8,10H,5,9H2,1-4H3. The third-order valence-corrected chi connectivity index (χ3v) is 4.22. The van der Waals surface area contributed by atoms with Gasteiger partial charge >= 0.3 is 5.97 Å². The zero-order chi connectivity index (χ0) is 17.0. The summed E-state index contributed by atoms with van der Waals surface area (Å²) < 4.78 is 13.0. The fourth-order valence-corrected chi connectivity index (χ4v) is 3.11. The Balaban J connectivity index is 2.66. The average Bonchev–Trinajstić information content (AvgIpc) is 2.85. The molecule has 0 bridgehead atoms. The number of nitrogens with zero attached hydrogens (tertiary/aromatic N) is 2. The Labute approximate surface area is 138 Å². The smallest absolute Gasteiger partial charge is 0.326 e. The van der Waals surface area contributed by atoms with Gasteiger partial charge in [-0.05, 0) is 19.1 Å². The fourth-order valence-electron chi connectivity index (χ4n) is 2.05. The first kappa shape index (κ1) is 17.2. The Morgan fingerprint density at radius 2 is 2.09 bits per heavy atom. The normalized spacial score (nSPS) is 12.0. The molecule has 2 aromatic rings. The minimum absolute atomic E-state index is 0.0155. The average molecular weight is 336 g/mol. The van der Waals surface area contributed by atoms with Crippen LogP contribution in [0.25, 0.3) is 10.2 Å². The second kappa shape index (κ2) is 7.41. The molecule has 0 spiro atoms. The van der Waals surface area contributed by atoms with E-state index in [4.69, 9.17) is 9.47 Å². The summed E-state index contributed by atoms with van der Waals surface area (Å²) in [7, 11) is 1.57. The monoisotopic (exact) mass is 336 g/mol. The number of hydrogen-bond acceptors (Lipinski definition) is 5. The lowest BCUT2D eigenvalue weighted by Gasteiger charge is -2.08. The molecule has 1 aromatic carbocycles. The van der Waals surface area contributed by atoms with Crippen LogP contribution in [-0.4, -0.2) is 30.2 Å². The van der Waals surface area contributed by atoms with E-state index in [0.717, 1.165) is 10.2 Å². The van der Waals surface area contributed by atoms with Crippen LogP contribution in [0.4, 0.5) is 0 Å². The van der Waals surface area contributed by atoms with Gasteiger partial charge in [0, 0.05) is 5.92 Å². The third-order valence-electron chi connectivity index (χ3n) is 3.18. The van der Waals surface area contributed by atoms with E-state index in [-0.39, 0.29) is 24.3 Å². The second-order valence-corrected chi connectivity index (χ2v) is 6.20. The summed E-state index contributed by atoms with van der Waals surface area (Å²) in [5, 5.41) is 0. The molecule has 0 aliphatic heterocycles. The number of benzene rings is 1. The lowest BCUT2D eigenvalue weighted by atomic mass is 10.2. The maximum absolute atomic E-state index is 12.0. The van der Waals surface area contributed by atoms with E-state index in [9.17, 15) is 9.59 Å². The highest BCUT2D eigenvalue weighted by Gasteiger charge is 2.16. The number of aromatic nitrogens is 1. The van der Waals surface area contributed by atoms with Gasteiger partial charge in [0.15, 0.2) is 4.80 Å². The molecule has 23 heavy (non-hydrogen) atoms. The first-order valence-electron chi connectivity index (χ1n) is 7.38. The molecule has 0 atom stereocenters. The summed E-state index contributed by atoms with van der Waals surface area (Å²) in [4.78, 5) is 28.5. The predicted octanol–water partition coefficient (Wildman–Crippen LogP) is 2.36. The summed E-state index contributed by atoms with van der Waals surface area (Å²) in [6, 6.07) is 5.58. The maximum Gasteiger partial charge on any atom is 0.326 e. The van der Waals surface area contributed by atoms with E-state index < -0.39 is 0 Å². The number of ether oxygens (including phenoxy) is 2. The van der Waals surface area contributed by atoms with Gasteiger partial charge in [-0.15, -0.1) is 0 Å². The van der Waals surface area contributed by atoms with Crippen molar-refractivity contribution in [3.05, 3.63) is 23.0 Å². The summed E-state index contributed by atoms with van der Waals surface area (Å²) in [6.45, 7) is 5.61. The Morgan fingerprint density at radius 1 is 1.35 bits per heavy atom. The molecule has 0 radical (unpaired) electrons. The van der Waals surface area contributed by atoms with Gasteiger partial charge in [-0.1, -0.05) is 31.3 Å². The van der Waals surface area contributed by atoms with E-state index >= 15 is 0 Å². The Kier molecular flexibility index (Phi) is 5.54. The molecule has 0 N–H and O–H groups in total. The van der Waals surface area contributed by atoms with Crippen LogP contribution in [-0.2, 0) is 20.9 Å². The molecular weight excluding hydrogens is 316 g/mol. The minimum atomic E-state index is -0.378. The van der Waals surface area contributed by atoms with Crippen LogP contribution in [0.1, 0.15) is 20.8 Å². The lowest BCUT2D eigenvalue weighted by Crippen LogP contribution is -2.24. The molecule has 0 aliphatic carbocycles. The van der Waals surface area contributed by atoms with Gasteiger partial charge in [0.1, 0.15) is 17.8 Å². The van der Waals surface area contributed by atoms with Crippen LogP contribution < -0.4 is 9.54 Å². The number of fused-ring (bicyclic) bond motifs is 1. The van der Waals surface area contributed by atoms with Crippen LogP contribution >= 0.6 is 11.3 Å². The molecule has 7 heteroatoms. The van der Waals surface area contributed by atoms with Crippen molar-refractivity contribution in [3.8, 4) is 5.75 Å². The molecule has 0 unspecified atom stereocenters. The van der Waals surface area contributed by atoms with Crippen molar-refractivity contribution in [2.45, 2.75) is 27.3 Å². The van der Waals surface area contributed by atoms with Crippen LogP contribution in [0.5, 0.6) is 5.75 Å². The van der Waals surface area contributed by atoms with Gasteiger partial charge in [0.2, 0.25) is 0 Å². The van der Waals surface area contributed by atoms with Crippen LogP contribution in [0.15, 0.2) is 23.2 Å². The Morgan fingerprint density at radius 3 is 2.70 bits per heavy atom. The van der Waals surface area contributed by atoms with Gasteiger partial charge in [0.05, 0.1) is 18.4 Å². The molecular formula is C16H20N2O4S. The van der Waals surface area contributed by atoms with Crippen molar-refractivity contribution < 1.29 is 19.1 Å². The van der Waals surface area contributed by atoms with Gasteiger partial charge in [-0.3, -0.25) is 9.59 Å². The van der Waals surface area contributed by atoms with Gasteiger partial charge < -0.3 is 14.0 Å². The van der Waals surface area contributed by atoms with Crippen LogP contribution in [0.3, 0.4) is 0 Å². The maximum atomic E-state index is 12.0. The fraction of sp³-hybridized carbons (Fsp3) is 0.438. The molecule has 0 aliphatic rings. The highest BCUT2D eigenvalue weighted by Crippen LogP contribution is 2.27. The molecule has 1 heterocycles. The van der Waals surface area contributed by atoms with Gasteiger partial charge in [0.25, 0.3) is 5.91 Å². The van der Waals surface area contributed by atoms with Gasteiger partial charge in [-0.2, -0.15) is 4.99 Å². The van der Waals surface area contributed by atoms with Crippen LogP contribution in [0, 0.1) is 5.92 Å². The number of hydrogen-bond donors (Lipinski definition) is 0. The first-order valence-corrected chi connectivity index (χ1v) is 8.20. The van der Waals surface area contributed by atoms with E-state index in [1.807, 2.05) is 18.2 Å². The SMILES string of the molecule is CCOC(=O)Cn1c(=NC(=O)C(C)C)sc2cccc(OC)c21. The minimum Gasteiger partial charge on any atom is -0.495 e. The summed E-state index contributed by atoms with van der Waals surface area (Å²) in [5.74, 6) is -0.190. The van der Waals surface area contributed by atoms with E-state index in [1.165, 1.54) is 11.3 Å². The molecule has 2 rings (SSSR count). The van der Waals surface area contributed by atoms with Crippen molar-refractivity contribution in [3.63, 3.8) is 0 Å². The van der Waals surface area contributed by atoms with E-state index in [2.05, 4.69) is 4.99 Å². The summed E-state index contributed by atoms with van der Waals surface area (Å²) in [5.41, 5.74) is 0.739. The van der Waals surface area contributed by atoms with E-state index in [0.29, 0.717) is 17.2 Å². The number of carbonyl (C=O) groups excluding carboxylic acids is 2. The zero-order valence-corrected chi connectivity index (χ0v) is 14.5. The Hall–Kier alpha value is -2.15. The first-order chi connectivity index (χ1) is 11.0. The second-order valence-electron chi connectivity index (χ2n) is 5.19. The largest absolute Gasteiger partial charge is 0.495 e. The number of esters is 1. The van der Waals surface area contributed by atoms with E-state index in [1.54, 1.807) is 32.4 Å². The molecule has 1 aromatic heterocycles. The highest BCUT2D eigenvalue weighted by atomic mass is 32.1. The molecule has 6 nitrogen and oxygen atoms in total. The molecule has 124 valence electrons. The number of methoxy groups -OCH3 is 1. The molecule has 0 fully saturated rings. The zero-order valence-electron chi connectivity index (χ0n) is 13.7. The number of thiazole rings is 1. The van der Waals surface area contributed by atoms with Gasteiger partial charge in [-0.25, -0.2) is 0 Å². The number of rotatable bonds is 5. The van der Waals surface area contributed by atoms with Crippen molar-refractivity contribution in [1.82, 2.24) is 4.57 Å². The molecule has 0 saturated carbocycles. The van der Waals surface area contributed by atoms with Crippen molar-refractivity contribution in [2.24, 2.45) is 10.9 Å². The van der Waals surface area contributed by atoms with Crippen LogP contribution in [0.2, 0.25) is 0 Å². The van der Waals surface area contributed by atoms with Crippen molar-refractivity contribution >= 4 is 33.4 Å². The highest BCUT2D eigenvalue weighted by molar-refractivity contribution is 7.16. The quantitative estimate of drug-likeness (QED) is 0.786. The van der Waals surface area contributed by atoms with Crippen molar-refractivity contribution in [2.75, 3.05) is 13.7 Å². The number of amides is 1. The molecule has 1 amide bonds. The summed E-state index contributed by atoms with van der Waals surface area (Å²) >= 11 is 1.35. The predicted molar refractivity (Wildman–Crippen MR) is 88.4 cm³/mol. The lowest BCUT2D eigenvalue weighted by molar-refractivity contribution is -0.143.